The second-order valence-corrected chi connectivity index (χ2v) is 3.62. The minimum atomic E-state index is -0.849. The molecular weight excluding hydrogens is 214 g/mol. The lowest BCUT2D eigenvalue weighted by atomic mass is 9.97. The molecule has 82 valence electrons. The second kappa shape index (κ2) is 5.14. The highest BCUT2D eigenvalue weighted by Gasteiger charge is 2.17. The van der Waals surface area contributed by atoms with Gasteiger partial charge in [-0.1, -0.05) is 12.1 Å². The Morgan fingerprint density at radius 2 is 2.27 bits per heavy atom. The monoisotopic (exact) mass is 227 g/mol. The van der Waals surface area contributed by atoms with E-state index in [1.165, 1.54) is 0 Å². The minimum Gasteiger partial charge on any atom is -0.478 e. The van der Waals surface area contributed by atoms with Crippen LogP contribution < -0.4 is 5.32 Å². The van der Waals surface area contributed by atoms with Gasteiger partial charge in [0.1, 0.15) is 0 Å². The van der Waals surface area contributed by atoms with Crippen LogP contribution in [0, 0.1) is 0 Å². The highest BCUT2D eigenvalue weighted by molar-refractivity contribution is 5.87. The molecule has 1 aliphatic rings. The van der Waals surface area contributed by atoms with Crippen molar-refractivity contribution in [2.75, 3.05) is 13.1 Å². The summed E-state index contributed by atoms with van der Waals surface area (Å²) in [6, 6.07) is 7.23. The van der Waals surface area contributed by atoms with Crippen molar-refractivity contribution < 1.29 is 9.90 Å². The summed E-state index contributed by atoms with van der Waals surface area (Å²) < 4.78 is 0. The van der Waals surface area contributed by atoms with E-state index in [4.69, 9.17) is 5.11 Å². The zero-order chi connectivity index (χ0) is 9.97. The van der Waals surface area contributed by atoms with Gasteiger partial charge in [0.05, 0.1) is 5.56 Å². The number of benzene rings is 1. The number of rotatable bonds is 2. The smallest absolute Gasteiger partial charge is 0.335 e. The predicted octanol–water partition coefficient (Wildman–Crippen LogP) is 1.88. The molecule has 1 unspecified atom stereocenters. The molecule has 0 saturated carbocycles. The van der Waals surface area contributed by atoms with Gasteiger partial charge in [-0.3, -0.25) is 0 Å². The maximum atomic E-state index is 10.8. The van der Waals surface area contributed by atoms with Crippen LogP contribution in [0.4, 0.5) is 0 Å². The highest BCUT2D eigenvalue weighted by atomic mass is 35.5. The first-order chi connectivity index (χ1) is 6.77. The molecule has 4 heteroatoms. The summed E-state index contributed by atoms with van der Waals surface area (Å²) >= 11 is 0. The molecule has 0 bridgehead atoms. The molecule has 0 spiro atoms. The molecular formula is C11H14ClNO2. The first-order valence-electron chi connectivity index (χ1n) is 4.81. The number of carboxylic acid groups (broad SMARTS) is 1. The van der Waals surface area contributed by atoms with Crippen LogP contribution in [-0.2, 0) is 0 Å². The lowest BCUT2D eigenvalue weighted by Gasteiger charge is -2.08. The maximum absolute atomic E-state index is 10.8. The summed E-state index contributed by atoms with van der Waals surface area (Å²) in [5.74, 6) is -0.368. The van der Waals surface area contributed by atoms with Gasteiger partial charge >= 0.3 is 5.97 Å². The number of carboxylic acids is 1. The van der Waals surface area contributed by atoms with Crippen molar-refractivity contribution in [3.8, 4) is 0 Å². The molecule has 1 aromatic rings. The molecule has 3 nitrogen and oxygen atoms in total. The number of carbonyl (C=O) groups is 1. The first-order valence-corrected chi connectivity index (χ1v) is 4.81. The van der Waals surface area contributed by atoms with Crippen LogP contribution in [0.25, 0.3) is 0 Å². The average molecular weight is 228 g/mol. The summed E-state index contributed by atoms with van der Waals surface area (Å²) in [5.41, 5.74) is 1.52. The standard InChI is InChI=1S/C11H13NO2.ClH/c13-11(14)9-3-1-2-8(6-9)10-4-5-12-7-10;/h1-3,6,10,12H,4-5,7H2,(H,13,14);1H. The number of halogens is 1. The Morgan fingerprint density at radius 3 is 2.87 bits per heavy atom. The van der Waals surface area contributed by atoms with Crippen LogP contribution in [0.5, 0.6) is 0 Å². The molecule has 1 aromatic carbocycles. The third-order valence-electron chi connectivity index (χ3n) is 2.67. The fourth-order valence-corrected chi connectivity index (χ4v) is 1.86. The molecule has 15 heavy (non-hydrogen) atoms. The molecule has 0 aromatic heterocycles. The summed E-state index contributed by atoms with van der Waals surface area (Å²) in [7, 11) is 0. The Morgan fingerprint density at radius 1 is 1.47 bits per heavy atom. The number of aromatic carboxylic acids is 1. The Bertz CT molecular complexity index is 348. The van der Waals surface area contributed by atoms with Gasteiger partial charge in [0.15, 0.2) is 0 Å². The quantitative estimate of drug-likeness (QED) is 0.811. The molecule has 1 atom stereocenters. The largest absolute Gasteiger partial charge is 0.478 e. The van der Waals surface area contributed by atoms with Crippen molar-refractivity contribution in [1.82, 2.24) is 5.32 Å². The van der Waals surface area contributed by atoms with E-state index >= 15 is 0 Å². The average Bonchev–Trinajstić information content (AvgIpc) is 2.71. The van der Waals surface area contributed by atoms with E-state index in [1.54, 1.807) is 12.1 Å². The van der Waals surface area contributed by atoms with Crippen molar-refractivity contribution >= 4 is 18.4 Å². The van der Waals surface area contributed by atoms with Crippen LogP contribution >= 0.6 is 12.4 Å². The Balaban J connectivity index is 0.00000112. The molecule has 2 N–H and O–H groups in total. The zero-order valence-corrected chi connectivity index (χ0v) is 9.09. The Labute approximate surface area is 94.9 Å². The molecule has 0 radical (unpaired) electrons. The molecule has 1 aliphatic heterocycles. The van der Waals surface area contributed by atoms with Crippen molar-refractivity contribution in [3.63, 3.8) is 0 Å². The third-order valence-corrected chi connectivity index (χ3v) is 2.67. The van der Waals surface area contributed by atoms with Crippen molar-refractivity contribution in [2.45, 2.75) is 12.3 Å². The van der Waals surface area contributed by atoms with E-state index in [2.05, 4.69) is 5.32 Å². The Kier molecular flexibility index (Phi) is 4.12. The Hall–Kier alpha value is -1.06. The molecule has 2 rings (SSSR count). The first kappa shape index (κ1) is 12.0. The maximum Gasteiger partial charge on any atom is 0.335 e. The predicted molar refractivity (Wildman–Crippen MR) is 60.9 cm³/mol. The van der Waals surface area contributed by atoms with Gasteiger partial charge in [-0.05, 0) is 36.6 Å². The van der Waals surface area contributed by atoms with Crippen LogP contribution in [0.1, 0.15) is 28.3 Å². The van der Waals surface area contributed by atoms with E-state index in [0.717, 1.165) is 25.1 Å². The highest BCUT2D eigenvalue weighted by Crippen LogP contribution is 2.22. The van der Waals surface area contributed by atoms with Gasteiger partial charge in [0, 0.05) is 6.54 Å². The lowest BCUT2D eigenvalue weighted by Crippen LogP contribution is -2.08. The zero-order valence-electron chi connectivity index (χ0n) is 8.27. The third kappa shape index (κ3) is 2.70. The van der Waals surface area contributed by atoms with Gasteiger partial charge in [-0.25, -0.2) is 4.79 Å². The van der Waals surface area contributed by atoms with Gasteiger partial charge in [-0.2, -0.15) is 0 Å². The van der Waals surface area contributed by atoms with Gasteiger partial charge in [0.2, 0.25) is 0 Å². The van der Waals surface area contributed by atoms with Crippen molar-refractivity contribution in [3.05, 3.63) is 35.4 Å². The summed E-state index contributed by atoms with van der Waals surface area (Å²) in [4.78, 5) is 10.8. The number of hydrogen-bond donors (Lipinski definition) is 2. The van der Waals surface area contributed by atoms with E-state index in [1.807, 2.05) is 12.1 Å². The molecule has 1 fully saturated rings. The lowest BCUT2D eigenvalue weighted by molar-refractivity contribution is 0.0696. The van der Waals surface area contributed by atoms with E-state index in [-0.39, 0.29) is 12.4 Å². The normalized spacial score (nSPS) is 19.6. The fraction of sp³-hybridized carbons (Fsp3) is 0.364. The number of nitrogens with one attached hydrogen (secondary N) is 1. The SMILES string of the molecule is Cl.O=C(O)c1cccc(C2CCNC2)c1. The molecule has 0 amide bonds. The summed E-state index contributed by atoms with van der Waals surface area (Å²) in [6.07, 6.45) is 1.10. The van der Waals surface area contributed by atoms with Crippen molar-refractivity contribution in [1.29, 1.82) is 0 Å². The van der Waals surface area contributed by atoms with Crippen LogP contribution in [0.15, 0.2) is 24.3 Å². The van der Waals surface area contributed by atoms with Crippen LogP contribution in [-0.4, -0.2) is 24.2 Å². The summed E-state index contributed by atoms with van der Waals surface area (Å²) in [5, 5.41) is 12.1. The van der Waals surface area contributed by atoms with Gasteiger partial charge in [0.25, 0.3) is 0 Å². The molecule has 1 heterocycles. The molecule has 0 aliphatic carbocycles. The van der Waals surface area contributed by atoms with Crippen LogP contribution in [0.3, 0.4) is 0 Å². The topological polar surface area (TPSA) is 49.3 Å². The molecule has 1 saturated heterocycles. The van der Waals surface area contributed by atoms with E-state index in [9.17, 15) is 4.79 Å². The van der Waals surface area contributed by atoms with Crippen molar-refractivity contribution in [2.24, 2.45) is 0 Å². The second-order valence-electron chi connectivity index (χ2n) is 3.62. The number of hydrogen-bond acceptors (Lipinski definition) is 2. The van der Waals surface area contributed by atoms with Crippen LogP contribution in [0.2, 0.25) is 0 Å². The van der Waals surface area contributed by atoms with Gasteiger partial charge < -0.3 is 10.4 Å². The summed E-state index contributed by atoms with van der Waals surface area (Å²) in [6.45, 7) is 1.99. The fourth-order valence-electron chi connectivity index (χ4n) is 1.86. The van der Waals surface area contributed by atoms with E-state index < -0.39 is 5.97 Å². The van der Waals surface area contributed by atoms with E-state index in [0.29, 0.717) is 11.5 Å². The van der Waals surface area contributed by atoms with Gasteiger partial charge in [-0.15, -0.1) is 12.4 Å². The minimum absolute atomic E-state index is 0.